The summed E-state index contributed by atoms with van der Waals surface area (Å²) in [4.78, 5) is 15.6. The molecule has 2 N–H and O–H groups in total. The van der Waals surface area contributed by atoms with Crippen molar-refractivity contribution in [3.8, 4) is 22.9 Å². The highest BCUT2D eigenvalue weighted by atomic mass is 35.5. The van der Waals surface area contributed by atoms with Gasteiger partial charge in [0.25, 0.3) is 5.91 Å². The third kappa shape index (κ3) is 4.14. The van der Waals surface area contributed by atoms with Crippen molar-refractivity contribution in [2.24, 2.45) is 5.73 Å². The van der Waals surface area contributed by atoms with Crippen LogP contribution in [0.3, 0.4) is 0 Å². The second-order valence-corrected chi connectivity index (χ2v) is 6.14. The molecule has 0 bridgehead atoms. The van der Waals surface area contributed by atoms with Gasteiger partial charge in [0.15, 0.2) is 11.6 Å². The van der Waals surface area contributed by atoms with E-state index >= 15 is 0 Å². The number of aromatic nitrogens is 1. The molecule has 0 aliphatic heterocycles. The topological polar surface area (TPSA) is 65.2 Å². The van der Waals surface area contributed by atoms with Crippen LogP contribution in [0.1, 0.15) is 15.9 Å². The van der Waals surface area contributed by atoms with E-state index in [4.69, 9.17) is 22.1 Å². The number of alkyl halides is 3. The lowest BCUT2D eigenvalue weighted by Crippen LogP contribution is -2.21. The zero-order valence-corrected chi connectivity index (χ0v) is 15.0. The van der Waals surface area contributed by atoms with Gasteiger partial charge < -0.3 is 10.5 Å². The highest BCUT2D eigenvalue weighted by Gasteiger charge is 2.38. The number of benzene rings is 2. The molecule has 0 aliphatic carbocycles. The molecule has 29 heavy (non-hydrogen) atoms. The van der Waals surface area contributed by atoms with Crippen molar-refractivity contribution in [2.45, 2.75) is 6.18 Å². The van der Waals surface area contributed by atoms with Crippen LogP contribution in [-0.4, -0.2) is 10.9 Å². The SMILES string of the molecule is NC(=O)c1c(C(F)(F)F)cc(-c2cccc(F)c2F)nc1Oc1ccccc1Cl. The number of hydrogen-bond donors (Lipinski definition) is 1. The van der Waals surface area contributed by atoms with Gasteiger partial charge in [-0.3, -0.25) is 4.79 Å². The lowest BCUT2D eigenvalue weighted by atomic mass is 10.0. The summed E-state index contributed by atoms with van der Waals surface area (Å²) in [6.45, 7) is 0. The molecular weight excluding hydrogens is 419 g/mol. The van der Waals surface area contributed by atoms with Gasteiger partial charge in [0.05, 0.1) is 16.3 Å². The molecule has 2 aromatic carbocycles. The van der Waals surface area contributed by atoms with E-state index in [9.17, 15) is 26.7 Å². The number of rotatable bonds is 4. The highest BCUT2D eigenvalue weighted by Crippen LogP contribution is 2.40. The number of pyridine rings is 1. The summed E-state index contributed by atoms with van der Waals surface area (Å²) in [5.74, 6) is -5.14. The fraction of sp³-hybridized carbons (Fsp3) is 0.0526. The number of carbonyl (C=O) groups is 1. The molecule has 0 spiro atoms. The molecule has 1 aromatic heterocycles. The minimum Gasteiger partial charge on any atom is -0.437 e. The molecule has 1 amide bonds. The molecule has 0 saturated carbocycles. The summed E-state index contributed by atoms with van der Waals surface area (Å²) >= 11 is 5.94. The van der Waals surface area contributed by atoms with Crippen LogP contribution in [0.5, 0.6) is 11.6 Å². The van der Waals surface area contributed by atoms with Crippen molar-refractivity contribution < 1.29 is 31.5 Å². The monoisotopic (exact) mass is 428 g/mol. The van der Waals surface area contributed by atoms with Crippen LogP contribution in [-0.2, 0) is 6.18 Å². The Bertz CT molecular complexity index is 1100. The van der Waals surface area contributed by atoms with Crippen LogP contribution in [0.2, 0.25) is 5.02 Å². The largest absolute Gasteiger partial charge is 0.437 e. The number of halogens is 6. The molecule has 0 aliphatic rings. The minimum absolute atomic E-state index is 0.0145. The van der Waals surface area contributed by atoms with E-state index in [2.05, 4.69) is 4.98 Å². The lowest BCUT2D eigenvalue weighted by Gasteiger charge is -2.17. The molecule has 10 heteroatoms. The Balaban J connectivity index is 2.31. The summed E-state index contributed by atoms with van der Waals surface area (Å²) in [6, 6.07) is 9.05. The number of para-hydroxylation sites is 1. The molecule has 150 valence electrons. The Morgan fingerprint density at radius 1 is 1.07 bits per heavy atom. The fourth-order valence-electron chi connectivity index (χ4n) is 2.53. The van der Waals surface area contributed by atoms with Gasteiger partial charge >= 0.3 is 6.18 Å². The summed E-state index contributed by atoms with van der Waals surface area (Å²) in [6.07, 6.45) is -5.07. The number of primary amides is 1. The van der Waals surface area contributed by atoms with Gasteiger partial charge in [-0.15, -0.1) is 0 Å². The standard InChI is InChI=1S/C19H10ClF5N2O2/c20-11-5-1-2-7-14(11)29-18-15(17(26)28)10(19(23,24)25)8-13(27-18)9-4-3-6-12(21)16(9)22/h1-8H,(H2,26,28). The molecule has 0 atom stereocenters. The van der Waals surface area contributed by atoms with Crippen molar-refractivity contribution in [2.75, 3.05) is 0 Å². The molecule has 0 saturated heterocycles. The van der Waals surface area contributed by atoms with Crippen molar-refractivity contribution in [3.63, 3.8) is 0 Å². The zero-order valence-electron chi connectivity index (χ0n) is 14.2. The third-order valence-corrected chi connectivity index (χ3v) is 4.12. The van der Waals surface area contributed by atoms with Gasteiger partial charge in [0.1, 0.15) is 11.3 Å². The van der Waals surface area contributed by atoms with Crippen LogP contribution in [0.4, 0.5) is 22.0 Å². The van der Waals surface area contributed by atoms with E-state index in [0.29, 0.717) is 6.07 Å². The van der Waals surface area contributed by atoms with Crippen LogP contribution >= 0.6 is 11.6 Å². The van der Waals surface area contributed by atoms with Gasteiger partial charge in [0, 0.05) is 5.56 Å². The molecule has 0 radical (unpaired) electrons. The van der Waals surface area contributed by atoms with Crippen molar-refractivity contribution in [1.82, 2.24) is 4.98 Å². The predicted molar refractivity (Wildman–Crippen MR) is 94.6 cm³/mol. The van der Waals surface area contributed by atoms with E-state index in [1.165, 1.54) is 24.3 Å². The van der Waals surface area contributed by atoms with Gasteiger partial charge in [-0.1, -0.05) is 29.8 Å². The van der Waals surface area contributed by atoms with E-state index in [1.54, 1.807) is 0 Å². The Hall–Kier alpha value is -3.20. The Morgan fingerprint density at radius 2 is 1.76 bits per heavy atom. The van der Waals surface area contributed by atoms with Gasteiger partial charge in [-0.25, -0.2) is 13.8 Å². The van der Waals surface area contributed by atoms with Gasteiger partial charge in [-0.2, -0.15) is 13.2 Å². The third-order valence-electron chi connectivity index (χ3n) is 3.81. The van der Waals surface area contributed by atoms with Crippen LogP contribution in [0.15, 0.2) is 48.5 Å². The second-order valence-electron chi connectivity index (χ2n) is 5.73. The molecule has 0 fully saturated rings. The van der Waals surface area contributed by atoms with E-state index in [0.717, 1.165) is 18.2 Å². The lowest BCUT2D eigenvalue weighted by molar-refractivity contribution is -0.138. The number of amides is 1. The first kappa shape index (κ1) is 20.5. The molecule has 4 nitrogen and oxygen atoms in total. The Kier molecular flexibility index (Phi) is 5.43. The molecule has 3 rings (SSSR count). The van der Waals surface area contributed by atoms with Crippen LogP contribution in [0, 0.1) is 11.6 Å². The first-order valence-corrected chi connectivity index (χ1v) is 8.26. The van der Waals surface area contributed by atoms with Crippen molar-refractivity contribution in [3.05, 3.63) is 76.3 Å². The number of nitrogens with two attached hydrogens (primary N) is 1. The quantitative estimate of drug-likeness (QED) is 0.551. The van der Waals surface area contributed by atoms with E-state index in [1.807, 2.05) is 0 Å². The second kappa shape index (κ2) is 7.67. The number of nitrogens with zero attached hydrogens (tertiary/aromatic N) is 1. The first-order chi connectivity index (χ1) is 13.6. The van der Waals surface area contributed by atoms with Crippen LogP contribution in [0.25, 0.3) is 11.3 Å². The van der Waals surface area contributed by atoms with Crippen molar-refractivity contribution >= 4 is 17.5 Å². The van der Waals surface area contributed by atoms with Gasteiger partial charge in [0.2, 0.25) is 5.88 Å². The number of hydrogen-bond acceptors (Lipinski definition) is 3. The maximum absolute atomic E-state index is 14.1. The molecule has 0 unspecified atom stereocenters. The molecule has 3 aromatic rings. The fourth-order valence-corrected chi connectivity index (χ4v) is 2.70. The summed E-state index contributed by atoms with van der Waals surface area (Å²) in [5.41, 5.74) is 1.37. The average molecular weight is 429 g/mol. The summed E-state index contributed by atoms with van der Waals surface area (Å²) < 4.78 is 73.8. The maximum atomic E-state index is 14.1. The number of ether oxygens (including phenoxy) is 1. The number of carbonyl (C=O) groups excluding carboxylic acids is 1. The van der Waals surface area contributed by atoms with E-state index < -0.39 is 52.0 Å². The van der Waals surface area contributed by atoms with Crippen molar-refractivity contribution in [1.29, 1.82) is 0 Å². The zero-order chi connectivity index (χ0) is 21.3. The predicted octanol–water partition coefficient (Wildman–Crippen LogP) is 5.59. The van der Waals surface area contributed by atoms with Gasteiger partial charge in [-0.05, 0) is 30.3 Å². The van der Waals surface area contributed by atoms with Crippen LogP contribution < -0.4 is 10.5 Å². The Morgan fingerprint density at radius 3 is 2.38 bits per heavy atom. The molecule has 1 heterocycles. The summed E-state index contributed by atoms with van der Waals surface area (Å²) in [5, 5.41) is 0.0145. The highest BCUT2D eigenvalue weighted by molar-refractivity contribution is 6.32. The smallest absolute Gasteiger partial charge is 0.417 e. The van der Waals surface area contributed by atoms with E-state index in [-0.39, 0.29) is 10.8 Å². The molecular formula is C19H10ClF5N2O2. The Labute approximate surface area is 165 Å². The normalized spacial score (nSPS) is 11.4. The average Bonchev–Trinajstić information content (AvgIpc) is 2.64. The first-order valence-electron chi connectivity index (χ1n) is 7.88. The minimum atomic E-state index is -5.07. The summed E-state index contributed by atoms with van der Waals surface area (Å²) in [7, 11) is 0. The maximum Gasteiger partial charge on any atom is 0.417 e.